The Hall–Kier alpha value is -2.20. The number of nitriles is 1. The fourth-order valence-electron chi connectivity index (χ4n) is 1.09. The molecule has 1 heterocycles. The molecule has 18 heavy (non-hydrogen) atoms. The number of nitrogens with one attached hydrogen (secondary N) is 1. The molecule has 0 atom stereocenters. The Labute approximate surface area is 105 Å². The Morgan fingerprint density at radius 1 is 1.61 bits per heavy atom. The summed E-state index contributed by atoms with van der Waals surface area (Å²) in [4.78, 5) is 19.4. The van der Waals surface area contributed by atoms with Gasteiger partial charge in [-0.2, -0.15) is 5.26 Å². The van der Waals surface area contributed by atoms with Crippen LogP contribution in [-0.4, -0.2) is 21.7 Å². The first-order valence-electron chi connectivity index (χ1n) is 5.32. The van der Waals surface area contributed by atoms with Gasteiger partial charge in [-0.15, -0.1) is 0 Å². The maximum Gasteiger partial charge on any atom is 0.413 e. The van der Waals surface area contributed by atoms with Crippen molar-refractivity contribution in [2.24, 2.45) is 5.73 Å². The van der Waals surface area contributed by atoms with E-state index < -0.39 is 11.7 Å². The van der Waals surface area contributed by atoms with Gasteiger partial charge in [-0.05, 0) is 20.8 Å². The number of aromatic nitrogens is 2. The molecule has 0 aliphatic heterocycles. The van der Waals surface area contributed by atoms with Crippen LogP contribution in [0.1, 0.15) is 32.2 Å². The Balaban J connectivity index is 2.89. The molecule has 0 unspecified atom stereocenters. The lowest BCUT2D eigenvalue weighted by Crippen LogP contribution is -2.28. The number of hydrogen-bond acceptors (Lipinski definition) is 6. The zero-order valence-corrected chi connectivity index (χ0v) is 10.5. The summed E-state index contributed by atoms with van der Waals surface area (Å²) >= 11 is 0. The molecule has 1 amide bonds. The summed E-state index contributed by atoms with van der Waals surface area (Å²) in [6, 6.07) is 1.88. The van der Waals surface area contributed by atoms with Gasteiger partial charge in [0.1, 0.15) is 23.1 Å². The predicted octanol–water partition coefficient (Wildman–Crippen LogP) is 1.15. The zero-order valence-electron chi connectivity index (χ0n) is 10.5. The molecule has 0 aliphatic rings. The maximum absolute atomic E-state index is 11.6. The van der Waals surface area contributed by atoms with Crippen molar-refractivity contribution in [3.63, 3.8) is 0 Å². The van der Waals surface area contributed by atoms with E-state index in [4.69, 9.17) is 15.7 Å². The molecule has 7 nitrogen and oxygen atoms in total. The van der Waals surface area contributed by atoms with E-state index >= 15 is 0 Å². The Morgan fingerprint density at radius 2 is 2.28 bits per heavy atom. The van der Waals surface area contributed by atoms with Crippen molar-refractivity contribution >= 4 is 11.9 Å². The minimum absolute atomic E-state index is 0.0993. The molecule has 1 aromatic rings. The highest BCUT2D eigenvalue weighted by Gasteiger charge is 2.18. The summed E-state index contributed by atoms with van der Waals surface area (Å²) in [5.41, 5.74) is 4.92. The Kier molecular flexibility index (Phi) is 4.18. The summed E-state index contributed by atoms with van der Waals surface area (Å²) in [5.74, 6) is 0.433. The van der Waals surface area contributed by atoms with Crippen molar-refractivity contribution in [2.45, 2.75) is 32.9 Å². The van der Waals surface area contributed by atoms with Crippen LogP contribution in [0.5, 0.6) is 0 Å². The number of nitrogens with zero attached hydrogens (tertiary/aromatic N) is 3. The standard InChI is InChI=1S/C11H15N5O2/c1-11(2,3)18-10(17)16-9-7(4-12)6-14-8(5-13)15-9/h6H,5,13H2,1-3H3,(H,14,15,16,17). The van der Waals surface area contributed by atoms with E-state index in [2.05, 4.69) is 15.3 Å². The lowest BCUT2D eigenvalue weighted by atomic mass is 10.2. The van der Waals surface area contributed by atoms with Gasteiger partial charge in [0.2, 0.25) is 0 Å². The summed E-state index contributed by atoms with van der Waals surface area (Å²) in [7, 11) is 0. The molecule has 0 saturated heterocycles. The third-order valence-corrected chi connectivity index (χ3v) is 1.76. The van der Waals surface area contributed by atoms with Gasteiger partial charge in [-0.25, -0.2) is 14.8 Å². The first kappa shape index (κ1) is 13.9. The molecule has 96 valence electrons. The summed E-state index contributed by atoms with van der Waals surface area (Å²) < 4.78 is 5.06. The smallest absolute Gasteiger partial charge is 0.413 e. The highest BCUT2D eigenvalue weighted by molar-refractivity contribution is 5.85. The number of amides is 1. The van der Waals surface area contributed by atoms with Crippen LogP contribution in [0.25, 0.3) is 0 Å². The van der Waals surface area contributed by atoms with Crippen LogP contribution in [0.2, 0.25) is 0 Å². The third-order valence-electron chi connectivity index (χ3n) is 1.76. The zero-order chi connectivity index (χ0) is 13.8. The number of hydrogen-bond donors (Lipinski definition) is 2. The average molecular weight is 249 g/mol. The number of rotatable bonds is 2. The SMILES string of the molecule is CC(C)(C)OC(=O)Nc1nc(CN)ncc1C#N. The number of ether oxygens (including phenoxy) is 1. The van der Waals surface area contributed by atoms with E-state index in [1.165, 1.54) is 6.20 Å². The van der Waals surface area contributed by atoms with Gasteiger partial charge in [0, 0.05) is 0 Å². The van der Waals surface area contributed by atoms with Crippen LogP contribution in [0.15, 0.2) is 6.20 Å². The molecule has 0 aliphatic carbocycles. The van der Waals surface area contributed by atoms with E-state index in [1.54, 1.807) is 20.8 Å². The lowest BCUT2D eigenvalue weighted by Gasteiger charge is -2.19. The van der Waals surface area contributed by atoms with Crippen LogP contribution < -0.4 is 11.1 Å². The van der Waals surface area contributed by atoms with Gasteiger partial charge in [0.25, 0.3) is 0 Å². The van der Waals surface area contributed by atoms with Gasteiger partial charge in [-0.3, -0.25) is 5.32 Å². The quantitative estimate of drug-likeness (QED) is 0.812. The number of carbonyl (C=O) groups is 1. The van der Waals surface area contributed by atoms with Crippen molar-refractivity contribution in [3.05, 3.63) is 17.6 Å². The van der Waals surface area contributed by atoms with Crippen molar-refractivity contribution in [1.82, 2.24) is 9.97 Å². The summed E-state index contributed by atoms with van der Waals surface area (Å²) in [6.45, 7) is 5.34. The molecular weight excluding hydrogens is 234 g/mol. The van der Waals surface area contributed by atoms with Crippen molar-refractivity contribution < 1.29 is 9.53 Å². The summed E-state index contributed by atoms with van der Waals surface area (Å²) in [6.07, 6.45) is 0.628. The maximum atomic E-state index is 11.6. The van der Waals surface area contributed by atoms with E-state index in [0.717, 1.165) is 0 Å². The first-order valence-corrected chi connectivity index (χ1v) is 5.32. The molecule has 0 fully saturated rings. The number of anilines is 1. The fraction of sp³-hybridized carbons (Fsp3) is 0.455. The first-order chi connectivity index (χ1) is 8.35. The normalized spacial score (nSPS) is 10.6. The van der Waals surface area contributed by atoms with Crippen molar-refractivity contribution in [1.29, 1.82) is 5.26 Å². The second kappa shape index (κ2) is 5.42. The highest BCUT2D eigenvalue weighted by Crippen LogP contribution is 2.13. The monoisotopic (exact) mass is 249 g/mol. The van der Waals surface area contributed by atoms with E-state index in [0.29, 0.717) is 5.82 Å². The molecule has 0 bridgehead atoms. The van der Waals surface area contributed by atoms with Crippen LogP contribution >= 0.6 is 0 Å². The minimum Gasteiger partial charge on any atom is -0.444 e. The molecule has 0 aromatic carbocycles. The highest BCUT2D eigenvalue weighted by atomic mass is 16.6. The van der Waals surface area contributed by atoms with Gasteiger partial charge in [-0.1, -0.05) is 0 Å². The third kappa shape index (κ3) is 3.99. The molecule has 0 spiro atoms. The fourth-order valence-corrected chi connectivity index (χ4v) is 1.09. The van der Waals surface area contributed by atoms with Gasteiger partial charge < -0.3 is 10.5 Å². The van der Waals surface area contributed by atoms with Gasteiger partial charge in [0.05, 0.1) is 12.7 Å². The largest absolute Gasteiger partial charge is 0.444 e. The molecule has 0 saturated carbocycles. The van der Waals surface area contributed by atoms with Crippen molar-refractivity contribution in [3.8, 4) is 6.07 Å². The molecule has 7 heteroatoms. The number of nitrogens with two attached hydrogens (primary N) is 1. The molecule has 1 aromatic heterocycles. The predicted molar refractivity (Wildman–Crippen MR) is 64.5 cm³/mol. The minimum atomic E-state index is -0.680. The van der Waals surface area contributed by atoms with Crippen LogP contribution in [0.3, 0.4) is 0 Å². The Morgan fingerprint density at radius 3 is 2.78 bits per heavy atom. The second-order valence-corrected chi connectivity index (χ2v) is 4.49. The molecule has 0 radical (unpaired) electrons. The summed E-state index contributed by atoms with van der Waals surface area (Å²) in [5, 5.41) is 11.3. The van der Waals surface area contributed by atoms with E-state index in [-0.39, 0.29) is 17.9 Å². The number of carbonyl (C=O) groups excluding carboxylic acids is 1. The van der Waals surface area contributed by atoms with Crippen LogP contribution in [-0.2, 0) is 11.3 Å². The average Bonchev–Trinajstić information content (AvgIpc) is 2.26. The topological polar surface area (TPSA) is 114 Å². The second-order valence-electron chi connectivity index (χ2n) is 4.49. The molecular formula is C11H15N5O2. The molecule has 1 rings (SSSR count). The van der Waals surface area contributed by atoms with Gasteiger partial charge in [0.15, 0.2) is 5.82 Å². The lowest BCUT2D eigenvalue weighted by molar-refractivity contribution is 0.0635. The van der Waals surface area contributed by atoms with Crippen molar-refractivity contribution in [2.75, 3.05) is 5.32 Å². The van der Waals surface area contributed by atoms with E-state index in [1.807, 2.05) is 6.07 Å². The van der Waals surface area contributed by atoms with Gasteiger partial charge >= 0.3 is 6.09 Å². The Bertz CT molecular complexity index is 487. The van der Waals surface area contributed by atoms with Crippen LogP contribution in [0.4, 0.5) is 10.6 Å². The molecule has 3 N–H and O–H groups in total. The van der Waals surface area contributed by atoms with Crippen LogP contribution in [0, 0.1) is 11.3 Å². The van der Waals surface area contributed by atoms with E-state index in [9.17, 15) is 4.79 Å².